The molecule has 1 fully saturated rings. The Kier molecular flexibility index (Phi) is 7.47. The quantitative estimate of drug-likeness (QED) is 0.292. The van der Waals surface area contributed by atoms with Gasteiger partial charge in [-0.15, -0.1) is 0 Å². The van der Waals surface area contributed by atoms with Gasteiger partial charge in [-0.05, 0) is 94.5 Å². The van der Waals surface area contributed by atoms with Crippen LogP contribution in [-0.4, -0.2) is 25.0 Å². The number of hydrogen-bond donors (Lipinski definition) is 1. The standard InChI is InChI=1S/C27H22BrClN2O5/c1-15-4-5-17(10-16(15)2)14-36-24-22(28)12-18(13-23(24)35-3)11-21-25(32)30-27(34)31(26(21)33)20-8-6-19(29)7-9-20/h4-13H,14H2,1-3H3,(H,30,32,34)/b21-11+. The number of ether oxygens (including phenoxy) is 2. The van der Waals surface area contributed by atoms with E-state index in [0.29, 0.717) is 33.2 Å². The Hall–Kier alpha value is -3.62. The van der Waals surface area contributed by atoms with E-state index in [1.807, 2.05) is 19.1 Å². The van der Waals surface area contributed by atoms with Gasteiger partial charge in [0.2, 0.25) is 0 Å². The molecule has 3 aromatic rings. The molecule has 0 spiro atoms. The Labute approximate surface area is 221 Å². The van der Waals surface area contributed by atoms with Crippen molar-refractivity contribution in [2.45, 2.75) is 20.5 Å². The largest absolute Gasteiger partial charge is 0.493 e. The summed E-state index contributed by atoms with van der Waals surface area (Å²) in [6.45, 7) is 4.42. The van der Waals surface area contributed by atoms with Crippen LogP contribution in [0, 0.1) is 13.8 Å². The number of carbonyl (C=O) groups is 3. The molecule has 1 N–H and O–H groups in total. The van der Waals surface area contributed by atoms with E-state index in [4.69, 9.17) is 21.1 Å². The molecular weight excluding hydrogens is 548 g/mol. The average Bonchev–Trinajstić information content (AvgIpc) is 2.84. The number of carbonyl (C=O) groups excluding carboxylic acids is 3. The number of urea groups is 1. The first-order chi connectivity index (χ1) is 17.2. The van der Waals surface area contributed by atoms with Gasteiger partial charge in [-0.25, -0.2) is 9.69 Å². The van der Waals surface area contributed by atoms with Gasteiger partial charge in [0.05, 0.1) is 17.3 Å². The third-order valence-corrected chi connectivity index (χ3v) is 6.54. The lowest BCUT2D eigenvalue weighted by molar-refractivity contribution is -0.122. The van der Waals surface area contributed by atoms with Gasteiger partial charge in [-0.3, -0.25) is 14.9 Å². The maximum atomic E-state index is 13.1. The van der Waals surface area contributed by atoms with Gasteiger partial charge in [-0.1, -0.05) is 29.8 Å². The molecule has 1 aliphatic heterocycles. The highest BCUT2D eigenvalue weighted by atomic mass is 79.9. The number of amides is 4. The Balaban J connectivity index is 1.63. The third-order valence-electron chi connectivity index (χ3n) is 5.70. The van der Waals surface area contributed by atoms with Crippen LogP contribution < -0.4 is 19.7 Å². The van der Waals surface area contributed by atoms with Gasteiger partial charge in [-0.2, -0.15) is 0 Å². The number of hydrogen-bond acceptors (Lipinski definition) is 5. The molecule has 4 amide bonds. The molecule has 36 heavy (non-hydrogen) atoms. The summed E-state index contributed by atoms with van der Waals surface area (Å²) in [5, 5.41) is 2.65. The maximum Gasteiger partial charge on any atom is 0.335 e. The van der Waals surface area contributed by atoms with Crippen LogP contribution >= 0.6 is 27.5 Å². The normalized spacial score (nSPS) is 14.8. The monoisotopic (exact) mass is 568 g/mol. The minimum absolute atomic E-state index is 0.206. The minimum Gasteiger partial charge on any atom is -0.493 e. The van der Waals surface area contributed by atoms with E-state index in [1.165, 1.54) is 36.4 Å². The Bertz CT molecular complexity index is 1400. The van der Waals surface area contributed by atoms with Gasteiger partial charge in [0.1, 0.15) is 12.2 Å². The number of halogens is 2. The molecular formula is C27H22BrClN2O5. The second kappa shape index (κ2) is 10.6. The fourth-order valence-electron chi connectivity index (χ4n) is 3.66. The van der Waals surface area contributed by atoms with Crippen molar-refractivity contribution in [1.29, 1.82) is 0 Å². The number of rotatable bonds is 6. The van der Waals surface area contributed by atoms with E-state index < -0.39 is 17.8 Å². The molecule has 3 aromatic carbocycles. The van der Waals surface area contributed by atoms with E-state index in [9.17, 15) is 14.4 Å². The fraction of sp³-hybridized carbons (Fsp3) is 0.148. The highest BCUT2D eigenvalue weighted by Crippen LogP contribution is 2.38. The first-order valence-corrected chi connectivity index (χ1v) is 12.1. The molecule has 7 nitrogen and oxygen atoms in total. The summed E-state index contributed by atoms with van der Waals surface area (Å²) in [7, 11) is 1.50. The van der Waals surface area contributed by atoms with Crippen LogP contribution in [-0.2, 0) is 16.2 Å². The highest BCUT2D eigenvalue weighted by molar-refractivity contribution is 9.10. The van der Waals surface area contributed by atoms with E-state index in [2.05, 4.69) is 34.2 Å². The van der Waals surface area contributed by atoms with Crippen molar-refractivity contribution in [3.05, 3.63) is 91.9 Å². The second-order valence-corrected chi connectivity index (χ2v) is 9.47. The average molecular weight is 570 g/mol. The number of benzene rings is 3. The van der Waals surface area contributed by atoms with Gasteiger partial charge in [0.15, 0.2) is 11.5 Å². The van der Waals surface area contributed by atoms with Crippen LogP contribution in [0.5, 0.6) is 11.5 Å². The predicted molar refractivity (Wildman–Crippen MR) is 141 cm³/mol. The number of aryl methyl sites for hydroxylation is 2. The van der Waals surface area contributed by atoms with Crippen molar-refractivity contribution in [1.82, 2.24) is 5.32 Å². The van der Waals surface area contributed by atoms with Crippen LogP contribution in [0.1, 0.15) is 22.3 Å². The summed E-state index contributed by atoms with van der Waals surface area (Å²) in [6.07, 6.45) is 1.40. The van der Waals surface area contributed by atoms with E-state index in [1.54, 1.807) is 24.3 Å². The van der Waals surface area contributed by atoms with E-state index in [-0.39, 0.29) is 11.3 Å². The minimum atomic E-state index is -0.835. The molecule has 0 saturated carbocycles. The molecule has 4 rings (SSSR count). The molecule has 1 saturated heterocycles. The Morgan fingerprint density at radius 1 is 1.00 bits per heavy atom. The van der Waals surface area contributed by atoms with Crippen molar-refractivity contribution in [3.8, 4) is 11.5 Å². The van der Waals surface area contributed by atoms with Crippen LogP contribution in [0.15, 0.2) is 64.6 Å². The summed E-state index contributed by atoms with van der Waals surface area (Å²) in [4.78, 5) is 38.9. The van der Waals surface area contributed by atoms with Crippen molar-refractivity contribution < 1.29 is 23.9 Å². The number of methoxy groups -OCH3 is 1. The maximum absolute atomic E-state index is 13.1. The van der Waals surface area contributed by atoms with Gasteiger partial charge < -0.3 is 9.47 Å². The molecule has 0 bridgehead atoms. The van der Waals surface area contributed by atoms with Gasteiger partial charge in [0, 0.05) is 5.02 Å². The molecule has 0 atom stereocenters. The summed E-state index contributed by atoms with van der Waals surface area (Å²) >= 11 is 9.41. The number of anilines is 1. The van der Waals surface area contributed by atoms with Crippen molar-refractivity contribution in [3.63, 3.8) is 0 Å². The third kappa shape index (κ3) is 5.29. The topological polar surface area (TPSA) is 84.9 Å². The molecule has 1 heterocycles. The van der Waals surface area contributed by atoms with Gasteiger partial charge >= 0.3 is 6.03 Å². The lowest BCUT2D eigenvalue weighted by atomic mass is 10.1. The number of nitrogens with one attached hydrogen (secondary N) is 1. The zero-order valence-corrected chi connectivity index (χ0v) is 22.1. The molecule has 1 aliphatic rings. The van der Waals surface area contributed by atoms with E-state index >= 15 is 0 Å². The first kappa shape index (κ1) is 25.5. The lowest BCUT2D eigenvalue weighted by Crippen LogP contribution is -2.54. The lowest BCUT2D eigenvalue weighted by Gasteiger charge is -2.26. The van der Waals surface area contributed by atoms with Crippen LogP contribution in [0.25, 0.3) is 6.08 Å². The summed E-state index contributed by atoms with van der Waals surface area (Å²) in [6, 6.07) is 14.8. The molecule has 0 aromatic heterocycles. The zero-order chi connectivity index (χ0) is 26.0. The van der Waals surface area contributed by atoms with Crippen LogP contribution in [0.3, 0.4) is 0 Å². The van der Waals surface area contributed by atoms with Crippen molar-refractivity contribution >= 4 is 57.1 Å². The number of imide groups is 2. The zero-order valence-electron chi connectivity index (χ0n) is 19.7. The predicted octanol–water partition coefficient (Wildman–Crippen LogP) is 5.97. The second-order valence-electron chi connectivity index (χ2n) is 8.18. The molecule has 0 unspecified atom stereocenters. The molecule has 184 valence electrons. The van der Waals surface area contributed by atoms with Crippen LogP contribution in [0.2, 0.25) is 5.02 Å². The van der Waals surface area contributed by atoms with E-state index in [0.717, 1.165) is 10.5 Å². The molecule has 9 heteroatoms. The van der Waals surface area contributed by atoms with Gasteiger partial charge in [0.25, 0.3) is 11.8 Å². The number of nitrogens with zero attached hydrogens (tertiary/aromatic N) is 1. The fourth-order valence-corrected chi connectivity index (χ4v) is 4.36. The van der Waals surface area contributed by atoms with Crippen molar-refractivity contribution in [2.24, 2.45) is 0 Å². The van der Waals surface area contributed by atoms with Crippen molar-refractivity contribution in [2.75, 3.05) is 12.0 Å². The smallest absolute Gasteiger partial charge is 0.335 e. The summed E-state index contributed by atoms with van der Waals surface area (Å²) in [5.41, 5.74) is 3.96. The Morgan fingerprint density at radius 2 is 1.72 bits per heavy atom. The molecule has 0 radical (unpaired) electrons. The number of barbiturate groups is 1. The highest BCUT2D eigenvalue weighted by Gasteiger charge is 2.36. The molecule has 0 aliphatic carbocycles. The first-order valence-electron chi connectivity index (χ1n) is 10.9. The summed E-state index contributed by atoms with van der Waals surface area (Å²) < 4.78 is 12.1. The van der Waals surface area contributed by atoms with Crippen LogP contribution in [0.4, 0.5) is 10.5 Å². The summed E-state index contributed by atoms with van der Waals surface area (Å²) in [5.74, 6) is -0.652. The Morgan fingerprint density at radius 3 is 2.39 bits per heavy atom. The SMILES string of the molecule is COc1cc(/C=C2\C(=O)NC(=O)N(c3ccc(Cl)cc3)C2=O)cc(Br)c1OCc1ccc(C)c(C)c1.